The zero-order valence-corrected chi connectivity index (χ0v) is 10.6. The van der Waals surface area contributed by atoms with Crippen molar-refractivity contribution in [1.29, 1.82) is 0 Å². The predicted molar refractivity (Wildman–Crippen MR) is 71.6 cm³/mol. The molecule has 0 atom stereocenters. The molecule has 0 spiro atoms. The van der Waals surface area contributed by atoms with E-state index in [-0.39, 0.29) is 5.78 Å². The number of carbonyl (C=O) groups is 1. The predicted octanol–water partition coefficient (Wildman–Crippen LogP) is 3.20. The van der Waals surface area contributed by atoms with E-state index < -0.39 is 0 Å². The van der Waals surface area contributed by atoms with Gasteiger partial charge in [0, 0.05) is 17.9 Å². The Kier molecular flexibility index (Phi) is 3.76. The van der Waals surface area contributed by atoms with Crippen LogP contribution in [0.5, 0.6) is 0 Å². The number of aromatic nitrogens is 1. The van der Waals surface area contributed by atoms with Crippen LogP contribution in [0.1, 0.15) is 16.1 Å². The minimum Gasteiger partial charge on any atom is -0.375 e. The van der Waals surface area contributed by atoms with Gasteiger partial charge >= 0.3 is 0 Å². The van der Waals surface area contributed by atoms with Gasteiger partial charge in [0.15, 0.2) is 10.9 Å². The number of thiazole rings is 1. The number of alkyl halides is 1. The highest BCUT2D eigenvalue weighted by Crippen LogP contribution is 2.30. The molecule has 0 fully saturated rings. The van der Waals surface area contributed by atoms with Crippen molar-refractivity contribution in [3.8, 4) is 11.3 Å². The standard InChI is InChI=1S/C12H11ClN2OS/c13-7-6-9(16)11-10(15-12(14)17-11)8-4-2-1-3-5-8/h1-5H,6-7H2,(H2,14,15). The number of ketones is 1. The average molecular weight is 267 g/mol. The fourth-order valence-corrected chi connectivity index (χ4v) is 2.51. The highest BCUT2D eigenvalue weighted by Gasteiger charge is 2.17. The number of hydrogen-bond acceptors (Lipinski definition) is 4. The van der Waals surface area contributed by atoms with Crippen LogP contribution < -0.4 is 5.73 Å². The largest absolute Gasteiger partial charge is 0.375 e. The molecule has 0 aliphatic rings. The minimum atomic E-state index is -0.00643. The summed E-state index contributed by atoms with van der Waals surface area (Å²) in [6.07, 6.45) is 0.309. The summed E-state index contributed by atoms with van der Waals surface area (Å²) in [6, 6.07) is 9.54. The molecule has 0 aliphatic heterocycles. The van der Waals surface area contributed by atoms with Crippen molar-refractivity contribution in [2.45, 2.75) is 6.42 Å². The molecule has 5 heteroatoms. The van der Waals surface area contributed by atoms with Gasteiger partial charge in [0.1, 0.15) is 4.88 Å². The third kappa shape index (κ3) is 2.65. The SMILES string of the molecule is Nc1nc(-c2ccccc2)c(C(=O)CCCl)s1. The summed E-state index contributed by atoms with van der Waals surface area (Å²) in [5, 5.41) is 0.404. The third-order valence-corrected chi connectivity index (χ3v) is 3.38. The van der Waals surface area contributed by atoms with Crippen molar-refractivity contribution in [2.24, 2.45) is 0 Å². The molecule has 0 saturated heterocycles. The molecule has 0 aliphatic carbocycles. The monoisotopic (exact) mass is 266 g/mol. The van der Waals surface area contributed by atoms with Crippen LogP contribution in [0.2, 0.25) is 0 Å². The van der Waals surface area contributed by atoms with E-state index in [2.05, 4.69) is 4.98 Å². The van der Waals surface area contributed by atoms with Gasteiger partial charge < -0.3 is 5.73 Å². The van der Waals surface area contributed by atoms with E-state index in [0.717, 1.165) is 5.56 Å². The van der Waals surface area contributed by atoms with E-state index in [4.69, 9.17) is 17.3 Å². The van der Waals surface area contributed by atoms with Crippen LogP contribution in [0.4, 0.5) is 5.13 Å². The molecule has 2 N–H and O–H groups in total. The first-order valence-corrected chi connectivity index (χ1v) is 6.48. The van der Waals surface area contributed by atoms with Gasteiger partial charge in [-0.2, -0.15) is 0 Å². The lowest BCUT2D eigenvalue weighted by Crippen LogP contribution is -1.99. The molecule has 17 heavy (non-hydrogen) atoms. The maximum Gasteiger partial charge on any atom is 0.181 e. The number of nitrogen functional groups attached to an aromatic ring is 1. The van der Waals surface area contributed by atoms with E-state index in [1.807, 2.05) is 30.3 Å². The van der Waals surface area contributed by atoms with Gasteiger partial charge in [-0.25, -0.2) is 4.98 Å². The molecule has 1 aromatic carbocycles. The smallest absolute Gasteiger partial charge is 0.181 e. The van der Waals surface area contributed by atoms with Gasteiger partial charge in [-0.05, 0) is 0 Å². The Labute approximate surface area is 108 Å². The summed E-state index contributed by atoms with van der Waals surface area (Å²) in [6.45, 7) is 0. The van der Waals surface area contributed by atoms with Crippen molar-refractivity contribution in [2.75, 3.05) is 11.6 Å². The number of carbonyl (C=O) groups excluding carboxylic acids is 1. The Morgan fingerprint density at radius 1 is 1.35 bits per heavy atom. The molecule has 1 aromatic heterocycles. The fraction of sp³-hybridized carbons (Fsp3) is 0.167. The molecule has 1 heterocycles. The first-order chi connectivity index (χ1) is 8.22. The molecular formula is C12H11ClN2OS. The first kappa shape index (κ1) is 12.1. The lowest BCUT2D eigenvalue weighted by Gasteiger charge is -2.00. The number of nitrogens with two attached hydrogens (primary N) is 1. The van der Waals surface area contributed by atoms with E-state index in [0.29, 0.717) is 28.0 Å². The van der Waals surface area contributed by atoms with Crippen LogP contribution in [0.15, 0.2) is 30.3 Å². The zero-order chi connectivity index (χ0) is 12.3. The van der Waals surface area contributed by atoms with Crippen LogP contribution in [0, 0.1) is 0 Å². The summed E-state index contributed by atoms with van der Waals surface area (Å²) in [4.78, 5) is 16.7. The van der Waals surface area contributed by atoms with Gasteiger partial charge in [0.05, 0.1) is 5.69 Å². The Morgan fingerprint density at radius 3 is 2.71 bits per heavy atom. The second-order valence-electron chi connectivity index (χ2n) is 3.46. The van der Waals surface area contributed by atoms with E-state index in [1.54, 1.807) is 0 Å². The second-order valence-corrected chi connectivity index (χ2v) is 4.87. The molecule has 2 rings (SSSR count). The topological polar surface area (TPSA) is 56.0 Å². The van der Waals surface area contributed by atoms with E-state index >= 15 is 0 Å². The molecule has 0 saturated carbocycles. The highest BCUT2D eigenvalue weighted by atomic mass is 35.5. The van der Waals surface area contributed by atoms with Gasteiger partial charge in [-0.15, -0.1) is 11.6 Å². The third-order valence-electron chi connectivity index (χ3n) is 2.27. The zero-order valence-electron chi connectivity index (χ0n) is 9.02. The number of halogens is 1. The molecule has 0 unspecified atom stereocenters. The maximum absolute atomic E-state index is 11.9. The van der Waals surface area contributed by atoms with Crippen molar-refractivity contribution in [3.05, 3.63) is 35.2 Å². The minimum absolute atomic E-state index is 0.00643. The number of benzene rings is 1. The van der Waals surface area contributed by atoms with Crippen LogP contribution in [-0.4, -0.2) is 16.6 Å². The highest BCUT2D eigenvalue weighted by molar-refractivity contribution is 7.17. The van der Waals surface area contributed by atoms with Crippen LogP contribution in [0.25, 0.3) is 11.3 Å². The molecule has 3 nitrogen and oxygen atoms in total. The average Bonchev–Trinajstić information content (AvgIpc) is 2.73. The van der Waals surface area contributed by atoms with E-state index in [9.17, 15) is 4.79 Å². The van der Waals surface area contributed by atoms with Crippen molar-refractivity contribution in [3.63, 3.8) is 0 Å². The van der Waals surface area contributed by atoms with Crippen LogP contribution in [-0.2, 0) is 0 Å². The molecule has 0 radical (unpaired) electrons. The number of anilines is 1. The lowest BCUT2D eigenvalue weighted by atomic mass is 10.1. The quantitative estimate of drug-likeness (QED) is 0.683. The summed E-state index contributed by atoms with van der Waals surface area (Å²) in [5.41, 5.74) is 7.23. The van der Waals surface area contributed by atoms with Crippen LogP contribution in [0.3, 0.4) is 0 Å². The summed E-state index contributed by atoms with van der Waals surface area (Å²) < 4.78 is 0. The Morgan fingerprint density at radius 2 is 2.06 bits per heavy atom. The summed E-state index contributed by atoms with van der Waals surface area (Å²) >= 11 is 6.80. The van der Waals surface area contributed by atoms with Crippen molar-refractivity contribution >= 4 is 33.9 Å². The van der Waals surface area contributed by atoms with Gasteiger partial charge in [-0.3, -0.25) is 4.79 Å². The molecule has 0 bridgehead atoms. The Bertz CT molecular complexity index is 525. The summed E-state index contributed by atoms with van der Waals surface area (Å²) in [7, 11) is 0. The number of Topliss-reactive ketones (excluding diaryl/α,β-unsaturated/α-hetero) is 1. The van der Waals surface area contributed by atoms with Crippen LogP contribution >= 0.6 is 22.9 Å². The van der Waals surface area contributed by atoms with Gasteiger partial charge in [-0.1, -0.05) is 41.7 Å². The normalized spacial score (nSPS) is 10.4. The maximum atomic E-state index is 11.9. The van der Waals surface area contributed by atoms with Gasteiger partial charge in [0.25, 0.3) is 0 Å². The first-order valence-electron chi connectivity index (χ1n) is 5.13. The number of rotatable bonds is 4. The fourth-order valence-electron chi connectivity index (χ4n) is 1.52. The summed E-state index contributed by atoms with van der Waals surface area (Å²) in [5.74, 6) is 0.304. The van der Waals surface area contributed by atoms with Crippen molar-refractivity contribution < 1.29 is 4.79 Å². The number of hydrogen-bond donors (Lipinski definition) is 1. The van der Waals surface area contributed by atoms with E-state index in [1.165, 1.54) is 11.3 Å². The lowest BCUT2D eigenvalue weighted by molar-refractivity contribution is 0.0993. The number of nitrogens with zero attached hydrogens (tertiary/aromatic N) is 1. The second kappa shape index (κ2) is 5.29. The molecule has 2 aromatic rings. The Hall–Kier alpha value is -1.39. The molecular weight excluding hydrogens is 256 g/mol. The van der Waals surface area contributed by atoms with Crippen molar-refractivity contribution in [1.82, 2.24) is 4.98 Å². The Balaban J connectivity index is 2.44. The molecule has 88 valence electrons. The van der Waals surface area contributed by atoms with Gasteiger partial charge in [0.2, 0.25) is 0 Å². The molecule has 0 amide bonds.